The molecule has 1 aliphatic heterocycles. The third-order valence-electron chi connectivity index (χ3n) is 5.33. The van der Waals surface area contributed by atoms with Gasteiger partial charge in [-0.15, -0.1) is 0 Å². The third-order valence-corrected chi connectivity index (χ3v) is 5.54. The largest absolute Gasteiger partial charge is 0.496 e. The van der Waals surface area contributed by atoms with Crippen molar-refractivity contribution in [2.75, 3.05) is 20.2 Å². The Kier molecular flexibility index (Phi) is 5.44. The van der Waals surface area contributed by atoms with E-state index in [9.17, 15) is 4.79 Å². The van der Waals surface area contributed by atoms with Crippen molar-refractivity contribution in [1.29, 1.82) is 0 Å². The van der Waals surface area contributed by atoms with Crippen molar-refractivity contribution in [1.82, 2.24) is 14.9 Å². The monoisotopic (exact) mass is 395 g/mol. The molecule has 0 aliphatic carbocycles. The van der Waals surface area contributed by atoms with Crippen LogP contribution in [0.4, 0.5) is 0 Å². The first-order valence-corrected chi connectivity index (χ1v) is 9.83. The minimum Gasteiger partial charge on any atom is -0.496 e. The molecule has 1 aromatic carbocycles. The first kappa shape index (κ1) is 18.7. The molecular formula is C22H22ClN3O2. The van der Waals surface area contributed by atoms with Crippen LogP contribution in [0.1, 0.15) is 30.0 Å². The highest BCUT2D eigenvalue weighted by molar-refractivity contribution is 6.31. The second-order valence-corrected chi connectivity index (χ2v) is 7.52. The summed E-state index contributed by atoms with van der Waals surface area (Å²) in [6.07, 6.45) is 3.81. The molecule has 5 nitrogen and oxygen atoms in total. The molecule has 1 aliphatic rings. The van der Waals surface area contributed by atoms with Crippen molar-refractivity contribution in [2.24, 2.45) is 0 Å². The van der Waals surface area contributed by atoms with E-state index in [-0.39, 0.29) is 5.91 Å². The number of carbonyl (C=O) groups is 1. The fraction of sp³-hybridized carbons (Fsp3) is 0.318. The van der Waals surface area contributed by atoms with Crippen LogP contribution in [0.5, 0.6) is 5.75 Å². The van der Waals surface area contributed by atoms with Crippen LogP contribution in [0.25, 0.3) is 11.0 Å². The van der Waals surface area contributed by atoms with Crippen LogP contribution in [0.2, 0.25) is 5.02 Å². The number of ether oxygens (including phenoxy) is 1. The Labute approximate surface area is 169 Å². The highest BCUT2D eigenvalue weighted by Crippen LogP contribution is 2.29. The van der Waals surface area contributed by atoms with Gasteiger partial charge in [-0.05, 0) is 37.1 Å². The number of aromatic nitrogens is 2. The molecule has 0 saturated carbocycles. The second kappa shape index (κ2) is 8.15. The Balaban J connectivity index is 1.40. The standard InChI is InChI=1S/C22H22ClN3O2/c1-28-20-5-3-2-4-16(20)13-21(27)26-10-8-15(9-11-26)19-7-6-17-12-18(23)14-24-22(17)25-19/h2-7,12,14-15H,8-11,13H2,1H3. The molecule has 0 atom stereocenters. The van der Waals surface area contributed by atoms with E-state index in [0.717, 1.165) is 54.0 Å². The Morgan fingerprint density at radius 3 is 2.79 bits per heavy atom. The van der Waals surface area contributed by atoms with E-state index in [4.69, 9.17) is 21.3 Å². The van der Waals surface area contributed by atoms with Gasteiger partial charge in [0.2, 0.25) is 5.91 Å². The molecule has 1 saturated heterocycles. The number of fused-ring (bicyclic) bond motifs is 1. The molecule has 0 unspecified atom stereocenters. The summed E-state index contributed by atoms with van der Waals surface area (Å²) in [6, 6.07) is 13.6. The second-order valence-electron chi connectivity index (χ2n) is 7.08. The number of likely N-dealkylation sites (tertiary alicyclic amines) is 1. The minimum atomic E-state index is 0.144. The predicted molar refractivity (Wildman–Crippen MR) is 110 cm³/mol. The summed E-state index contributed by atoms with van der Waals surface area (Å²) in [6.45, 7) is 1.48. The normalized spacial score (nSPS) is 15.0. The summed E-state index contributed by atoms with van der Waals surface area (Å²) in [5.74, 6) is 1.25. The molecule has 0 N–H and O–H groups in total. The van der Waals surface area contributed by atoms with E-state index in [2.05, 4.69) is 11.1 Å². The molecule has 3 aromatic rings. The van der Waals surface area contributed by atoms with E-state index >= 15 is 0 Å². The Morgan fingerprint density at radius 2 is 2.00 bits per heavy atom. The number of hydrogen-bond donors (Lipinski definition) is 0. The number of nitrogens with zero attached hydrogens (tertiary/aromatic N) is 3. The third kappa shape index (κ3) is 3.94. The van der Waals surface area contributed by atoms with Gasteiger partial charge in [-0.2, -0.15) is 0 Å². The average molecular weight is 396 g/mol. The maximum absolute atomic E-state index is 12.7. The van der Waals surface area contributed by atoms with Gasteiger partial charge in [0.15, 0.2) is 5.65 Å². The van der Waals surface area contributed by atoms with Gasteiger partial charge in [-0.1, -0.05) is 29.8 Å². The number of piperidine rings is 1. The van der Waals surface area contributed by atoms with Gasteiger partial charge in [0.25, 0.3) is 0 Å². The maximum Gasteiger partial charge on any atom is 0.227 e. The van der Waals surface area contributed by atoms with Crippen molar-refractivity contribution in [2.45, 2.75) is 25.2 Å². The van der Waals surface area contributed by atoms with Crippen LogP contribution in [0.3, 0.4) is 0 Å². The molecule has 0 spiro atoms. The average Bonchev–Trinajstić information content (AvgIpc) is 2.74. The topological polar surface area (TPSA) is 55.3 Å². The number of benzene rings is 1. The molecule has 2 aromatic heterocycles. The van der Waals surface area contributed by atoms with Gasteiger partial charge in [0, 0.05) is 41.8 Å². The molecule has 0 bridgehead atoms. The summed E-state index contributed by atoms with van der Waals surface area (Å²) >= 11 is 5.99. The lowest BCUT2D eigenvalue weighted by molar-refractivity contribution is -0.131. The van der Waals surface area contributed by atoms with Crippen molar-refractivity contribution in [3.63, 3.8) is 0 Å². The van der Waals surface area contributed by atoms with E-state index in [1.807, 2.05) is 41.3 Å². The molecule has 3 heterocycles. The molecule has 28 heavy (non-hydrogen) atoms. The minimum absolute atomic E-state index is 0.144. The molecule has 1 amide bonds. The zero-order valence-corrected chi connectivity index (χ0v) is 16.5. The summed E-state index contributed by atoms with van der Waals surface area (Å²) in [5, 5.41) is 1.56. The van der Waals surface area contributed by atoms with E-state index in [1.54, 1.807) is 13.3 Å². The van der Waals surface area contributed by atoms with Crippen LogP contribution >= 0.6 is 11.6 Å². The summed E-state index contributed by atoms with van der Waals surface area (Å²) < 4.78 is 5.36. The molecule has 144 valence electrons. The van der Waals surface area contributed by atoms with Crippen molar-refractivity contribution in [3.05, 3.63) is 64.9 Å². The van der Waals surface area contributed by atoms with E-state index in [0.29, 0.717) is 17.4 Å². The molecule has 0 radical (unpaired) electrons. The van der Waals surface area contributed by atoms with Gasteiger partial charge in [-0.25, -0.2) is 9.97 Å². The Bertz CT molecular complexity index is 1000. The zero-order valence-electron chi connectivity index (χ0n) is 15.8. The quantitative estimate of drug-likeness (QED) is 0.663. The van der Waals surface area contributed by atoms with Gasteiger partial charge < -0.3 is 9.64 Å². The lowest BCUT2D eigenvalue weighted by atomic mass is 9.92. The maximum atomic E-state index is 12.7. The molecule has 1 fully saturated rings. The fourth-order valence-electron chi connectivity index (χ4n) is 3.77. The number of carbonyl (C=O) groups excluding carboxylic acids is 1. The van der Waals surface area contributed by atoms with Crippen LogP contribution < -0.4 is 4.74 Å². The fourth-order valence-corrected chi connectivity index (χ4v) is 3.94. The Morgan fingerprint density at radius 1 is 1.21 bits per heavy atom. The summed E-state index contributed by atoms with van der Waals surface area (Å²) in [4.78, 5) is 23.7. The molecule has 4 rings (SSSR count). The SMILES string of the molecule is COc1ccccc1CC(=O)N1CCC(c2ccc3cc(Cl)cnc3n2)CC1. The van der Waals surface area contributed by atoms with Crippen molar-refractivity contribution >= 4 is 28.5 Å². The summed E-state index contributed by atoms with van der Waals surface area (Å²) in [7, 11) is 1.63. The lowest BCUT2D eigenvalue weighted by Crippen LogP contribution is -2.39. The number of halogens is 1. The highest BCUT2D eigenvalue weighted by Gasteiger charge is 2.25. The van der Waals surface area contributed by atoms with Gasteiger partial charge in [0.05, 0.1) is 18.6 Å². The lowest BCUT2D eigenvalue weighted by Gasteiger charge is -2.32. The predicted octanol–water partition coefficient (Wildman–Crippen LogP) is 4.24. The first-order chi connectivity index (χ1) is 13.6. The van der Waals surface area contributed by atoms with Crippen molar-refractivity contribution < 1.29 is 9.53 Å². The number of para-hydroxylation sites is 1. The van der Waals surface area contributed by atoms with E-state index < -0.39 is 0 Å². The van der Waals surface area contributed by atoms with Gasteiger partial charge in [-0.3, -0.25) is 4.79 Å². The number of methoxy groups -OCH3 is 1. The first-order valence-electron chi connectivity index (χ1n) is 9.46. The van der Waals surface area contributed by atoms with Gasteiger partial charge in [0.1, 0.15) is 5.75 Å². The van der Waals surface area contributed by atoms with E-state index in [1.165, 1.54) is 0 Å². The zero-order chi connectivity index (χ0) is 19.5. The highest BCUT2D eigenvalue weighted by atomic mass is 35.5. The van der Waals surface area contributed by atoms with Crippen LogP contribution in [0, 0.1) is 0 Å². The number of rotatable bonds is 4. The number of amides is 1. The number of hydrogen-bond acceptors (Lipinski definition) is 4. The van der Waals surface area contributed by atoms with Crippen molar-refractivity contribution in [3.8, 4) is 5.75 Å². The van der Waals surface area contributed by atoms with Crippen LogP contribution in [-0.4, -0.2) is 41.0 Å². The van der Waals surface area contributed by atoms with Gasteiger partial charge >= 0.3 is 0 Å². The Hall–Kier alpha value is -2.66. The molecular weight excluding hydrogens is 374 g/mol. The molecule has 6 heteroatoms. The summed E-state index contributed by atoms with van der Waals surface area (Å²) in [5.41, 5.74) is 2.69. The van der Waals surface area contributed by atoms with Crippen LogP contribution in [-0.2, 0) is 11.2 Å². The number of pyridine rings is 2. The smallest absolute Gasteiger partial charge is 0.227 e. The van der Waals surface area contributed by atoms with Crippen LogP contribution in [0.15, 0.2) is 48.7 Å².